The molecule has 4 nitrogen and oxygen atoms in total. The largest absolute Gasteiger partial charge is 0.393 e. The molecule has 1 saturated heterocycles. The standard InChI is InChI=1S/C9H12BrN3O/c10-8-5-12-9(6-11-8)13-3-1-7(14)2-4-13/h5-7,14H,1-4H2. The highest BCUT2D eigenvalue weighted by Crippen LogP contribution is 2.17. The molecule has 1 aliphatic heterocycles. The van der Waals surface area contributed by atoms with Crippen LogP contribution in [-0.4, -0.2) is 34.3 Å². The van der Waals surface area contributed by atoms with Crippen molar-refractivity contribution in [1.82, 2.24) is 9.97 Å². The number of nitrogens with zero attached hydrogens (tertiary/aromatic N) is 3. The third kappa shape index (κ3) is 2.22. The summed E-state index contributed by atoms with van der Waals surface area (Å²) in [6.45, 7) is 1.72. The van der Waals surface area contributed by atoms with E-state index in [1.54, 1.807) is 12.4 Å². The molecule has 0 radical (unpaired) electrons. The van der Waals surface area contributed by atoms with Gasteiger partial charge in [0.15, 0.2) is 0 Å². The average molecular weight is 258 g/mol. The van der Waals surface area contributed by atoms with Crippen LogP contribution in [0.25, 0.3) is 0 Å². The Morgan fingerprint density at radius 2 is 2.00 bits per heavy atom. The molecule has 0 amide bonds. The summed E-state index contributed by atoms with van der Waals surface area (Å²) < 4.78 is 0.748. The van der Waals surface area contributed by atoms with Gasteiger partial charge in [0.2, 0.25) is 0 Å². The summed E-state index contributed by atoms with van der Waals surface area (Å²) in [5.41, 5.74) is 0. The van der Waals surface area contributed by atoms with Crippen LogP contribution in [0.4, 0.5) is 5.82 Å². The Labute approximate surface area is 91.1 Å². The molecule has 2 heterocycles. The van der Waals surface area contributed by atoms with E-state index in [2.05, 4.69) is 30.8 Å². The Hall–Kier alpha value is -0.680. The maximum Gasteiger partial charge on any atom is 0.147 e. The van der Waals surface area contributed by atoms with Crippen molar-refractivity contribution in [3.63, 3.8) is 0 Å². The van der Waals surface area contributed by atoms with E-state index in [0.29, 0.717) is 0 Å². The number of hydrogen-bond acceptors (Lipinski definition) is 4. The minimum atomic E-state index is -0.144. The topological polar surface area (TPSA) is 49.2 Å². The zero-order valence-electron chi connectivity index (χ0n) is 7.73. The SMILES string of the molecule is OC1CCN(c2cnc(Br)cn2)CC1. The van der Waals surface area contributed by atoms with Gasteiger partial charge in [-0.25, -0.2) is 9.97 Å². The number of hydrogen-bond donors (Lipinski definition) is 1. The fraction of sp³-hybridized carbons (Fsp3) is 0.556. The molecule has 0 aromatic carbocycles. The van der Waals surface area contributed by atoms with Gasteiger partial charge in [0.05, 0.1) is 18.5 Å². The van der Waals surface area contributed by atoms with Crippen LogP contribution in [0.3, 0.4) is 0 Å². The summed E-state index contributed by atoms with van der Waals surface area (Å²) >= 11 is 3.25. The second-order valence-corrected chi connectivity index (χ2v) is 4.23. The van der Waals surface area contributed by atoms with Gasteiger partial charge in [-0.3, -0.25) is 0 Å². The average Bonchev–Trinajstić information content (AvgIpc) is 2.21. The third-order valence-electron chi connectivity index (χ3n) is 2.40. The van der Waals surface area contributed by atoms with E-state index in [-0.39, 0.29) is 6.10 Å². The third-order valence-corrected chi connectivity index (χ3v) is 2.80. The smallest absolute Gasteiger partial charge is 0.147 e. The Morgan fingerprint density at radius 3 is 2.57 bits per heavy atom. The molecule has 14 heavy (non-hydrogen) atoms. The van der Waals surface area contributed by atoms with E-state index in [4.69, 9.17) is 0 Å². The highest BCUT2D eigenvalue weighted by atomic mass is 79.9. The highest BCUT2D eigenvalue weighted by molar-refractivity contribution is 9.10. The van der Waals surface area contributed by atoms with Gasteiger partial charge in [-0.15, -0.1) is 0 Å². The zero-order valence-corrected chi connectivity index (χ0v) is 9.31. The Bertz CT molecular complexity index is 295. The van der Waals surface area contributed by atoms with Gasteiger partial charge in [0, 0.05) is 13.1 Å². The summed E-state index contributed by atoms with van der Waals surface area (Å²) in [5.74, 6) is 0.889. The van der Waals surface area contributed by atoms with Crippen LogP contribution in [0.1, 0.15) is 12.8 Å². The molecule has 0 aliphatic carbocycles. The molecule has 1 aromatic heterocycles. The molecule has 2 rings (SSSR count). The number of aliphatic hydroxyl groups is 1. The number of aromatic nitrogens is 2. The van der Waals surface area contributed by atoms with E-state index in [9.17, 15) is 5.11 Å². The van der Waals surface area contributed by atoms with Gasteiger partial charge in [-0.2, -0.15) is 0 Å². The molecule has 1 aromatic rings. The highest BCUT2D eigenvalue weighted by Gasteiger charge is 2.17. The van der Waals surface area contributed by atoms with Crippen LogP contribution in [-0.2, 0) is 0 Å². The molecule has 0 atom stereocenters. The maximum absolute atomic E-state index is 9.35. The van der Waals surface area contributed by atoms with Crippen LogP contribution in [0.5, 0.6) is 0 Å². The minimum absolute atomic E-state index is 0.144. The summed E-state index contributed by atoms with van der Waals surface area (Å²) in [6.07, 6.45) is 4.94. The lowest BCUT2D eigenvalue weighted by atomic mass is 10.1. The fourth-order valence-electron chi connectivity index (χ4n) is 1.56. The van der Waals surface area contributed by atoms with E-state index in [1.807, 2.05) is 0 Å². The van der Waals surface area contributed by atoms with E-state index >= 15 is 0 Å². The van der Waals surface area contributed by atoms with E-state index < -0.39 is 0 Å². The van der Waals surface area contributed by atoms with Gasteiger partial charge in [-0.1, -0.05) is 0 Å². The molecule has 0 spiro atoms. The number of piperidine rings is 1. The lowest BCUT2D eigenvalue weighted by Gasteiger charge is -2.30. The quantitative estimate of drug-likeness (QED) is 0.822. The summed E-state index contributed by atoms with van der Waals surface area (Å²) in [4.78, 5) is 10.5. The first kappa shape index (κ1) is 9.86. The van der Waals surface area contributed by atoms with E-state index in [1.165, 1.54) is 0 Å². The predicted octanol–water partition coefficient (Wildman–Crippen LogP) is 1.20. The Balaban J connectivity index is 2.05. The van der Waals surface area contributed by atoms with Crippen LogP contribution < -0.4 is 4.90 Å². The number of anilines is 1. The van der Waals surface area contributed by atoms with Gasteiger partial charge in [0.25, 0.3) is 0 Å². The lowest BCUT2D eigenvalue weighted by Crippen LogP contribution is -2.36. The van der Waals surface area contributed by atoms with Crippen molar-refractivity contribution in [2.45, 2.75) is 18.9 Å². The van der Waals surface area contributed by atoms with Gasteiger partial charge in [0.1, 0.15) is 10.4 Å². The molecule has 1 fully saturated rings. The van der Waals surface area contributed by atoms with Crippen LogP contribution in [0, 0.1) is 0 Å². The molecular weight excluding hydrogens is 246 g/mol. The second kappa shape index (κ2) is 4.23. The molecule has 1 N–H and O–H groups in total. The predicted molar refractivity (Wildman–Crippen MR) is 57.2 cm³/mol. The van der Waals surface area contributed by atoms with Crippen molar-refractivity contribution in [3.8, 4) is 0 Å². The monoisotopic (exact) mass is 257 g/mol. The number of rotatable bonds is 1. The Kier molecular flexibility index (Phi) is 2.98. The number of aliphatic hydroxyl groups excluding tert-OH is 1. The molecule has 0 unspecified atom stereocenters. The molecule has 5 heteroatoms. The van der Waals surface area contributed by atoms with Crippen molar-refractivity contribution in [2.75, 3.05) is 18.0 Å². The zero-order chi connectivity index (χ0) is 9.97. The molecule has 0 saturated carbocycles. The second-order valence-electron chi connectivity index (χ2n) is 3.42. The van der Waals surface area contributed by atoms with E-state index in [0.717, 1.165) is 36.4 Å². The van der Waals surface area contributed by atoms with Gasteiger partial charge >= 0.3 is 0 Å². The van der Waals surface area contributed by atoms with Crippen molar-refractivity contribution in [3.05, 3.63) is 17.0 Å². The van der Waals surface area contributed by atoms with Crippen LogP contribution >= 0.6 is 15.9 Å². The first-order valence-corrected chi connectivity index (χ1v) is 5.45. The van der Waals surface area contributed by atoms with Crippen molar-refractivity contribution in [2.24, 2.45) is 0 Å². The van der Waals surface area contributed by atoms with Gasteiger partial charge < -0.3 is 10.0 Å². The van der Waals surface area contributed by atoms with Gasteiger partial charge in [-0.05, 0) is 28.8 Å². The molecule has 0 bridgehead atoms. The Morgan fingerprint density at radius 1 is 1.29 bits per heavy atom. The molecule has 1 aliphatic rings. The van der Waals surface area contributed by atoms with Crippen molar-refractivity contribution < 1.29 is 5.11 Å². The summed E-state index contributed by atoms with van der Waals surface area (Å²) in [7, 11) is 0. The van der Waals surface area contributed by atoms with Crippen molar-refractivity contribution in [1.29, 1.82) is 0 Å². The van der Waals surface area contributed by atoms with Crippen molar-refractivity contribution >= 4 is 21.7 Å². The molecular formula is C9H12BrN3O. The lowest BCUT2D eigenvalue weighted by molar-refractivity contribution is 0.145. The first-order valence-electron chi connectivity index (χ1n) is 4.66. The number of halogens is 1. The van der Waals surface area contributed by atoms with Crippen LogP contribution in [0.2, 0.25) is 0 Å². The summed E-state index contributed by atoms with van der Waals surface area (Å²) in [6, 6.07) is 0. The van der Waals surface area contributed by atoms with Crippen LogP contribution in [0.15, 0.2) is 17.0 Å². The fourth-order valence-corrected chi connectivity index (χ4v) is 1.77. The first-order chi connectivity index (χ1) is 6.75. The maximum atomic E-state index is 9.35. The molecule has 76 valence electrons. The summed E-state index contributed by atoms with van der Waals surface area (Å²) in [5, 5.41) is 9.35. The normalized spacial score (nSPS) is 18.6. The minimum Gasteiger partial charge on any atom is -0.393 e.